The van der Waals surface area contributed by atoms with E-state index < -0.39 is 5.82 Å². The van der Waals surface area contributed by atoms with Crippen LogP contribution in [0.15, 0.2) is 36.4 Å². The predicted octanol–water partition coefficient (Wildman–Crippen LogP) is 3.84. The van der Waals surface area contributed by atoms with Crippen molar-refractivity contribution < 1.29 is 13.9 Å². The molecule has 0 aliphatic carbocycles. The molecule has 0 aliphatic heterocycles. The lowest BCUT2D eigenvalue weighted by atomic mass is 10.1. The quantitative estimate of drug-likeness (QED) is 0.688. The van der Waals surface area contributed by atoms with E-state index in [1.165, 1.54) is 19.1 Å². The number of anilines is 1. The summed E-state index contributed by atoms with van der Waals surface area (Å²) in [5, 5.41) is 0.322. The van der Waals surface area contributed by atoms with Gasteiger partial charge in [-0.05, 0) is 37.3 Å². The van der Waals surface area contributed by atoms with Crippen molar-refractivity contribution in [2.45, 2.75) is 13.5 Å². The first-order valence-electron chi connectivity index (χ1n) is 5.94. The topological polar surface area (TPSA) is 52.3 Å². The lowest BCUT2D eigenvalue weighted by molar-refractivity contribution is 0.101. The Balaban J connectivity index is 2.20. The number of nitrogens with two attached hydrogens (primary N) is 1. The van der Waals surface area contributed by atoms with Crippen LogP contribution in [0.2, 0.25) is 5.02 Å². The molecule has 0 amide bonds. The minimum Gasteiger partial charge on any atom is -0.488 e. The maximum Gasteiger partial charge on any atom is 0.163 e. The number of ether oxygens (including phenoxy) is 1. The molecule has 2 aromatic carbocycles. The van der Waals surface area contributed by atoms with Gasteiger partial charge in [0.1, 0.15) is 18.2 Å². The summed E-state index contributed by atoms with van der Waals surface area (Å²) in [6, 6.07) is 9.10. The molecule has 0 aromatic heterocycles. The third-order valence-corrected chi connectivity index (χ3v) is 3.02. The van der Waals surface area contributed by atoms with Gasteiger partial charge in [-0.2, -0.15) is 0 Å². The highest BCUT2D eigenvalue weighted by atomic mass is 35.5. The van der Waals surface area contributed by atoms with E-state index in [0.717, 1.165) is 0 Å². The Morgan fingerprint density at radius 3 is 2.70 bits per heavy atom. The summed E-state index contributed by atoms with van der Waals surface area (Å²) >= 11 is 5.68. The molecule has 0 atom stereocenters. The Kier molecular flexibility index (Phi) is 4.25. The monoisotopic (exact) mass is 293 g/mol. The van der Waals surface area contributed by atoms with E-state index in [0.29, 0.717) is 27.6 Å². The van der Waals surface area contributed by atoms with Crippen LogP contribution < -0.4 is 10.5 Å². The van der Waals surface area contributed by atoms with E-state index in [2.05, 4.69) is 0 Å². The molecule has 2 rings (SSSR count). The molecule has 20 heavy (non-hydrogen) atoms. The van der Waals surface area contributed by atoms with Gasteiger partial charge in [-0.15, -0.1) is 0 Å². The number of hydrogen-bond donors (Lipinski definition) is 1. The highest BCUT2D eigenvalue weighted by Gasteiger charge is 2.10. The van der Waals surface area contributed by atoms with Crippen molar-refractivity contribution >= 4 is 23.1 Å². The minimum absolute atomic E-state index is 0.00714. The molecule has 0 heterocycles. The van der Waals surface area contributed by atoms with Gasteiger partial charge in [-0.25, -0.2) is 4.39 Å². The average molecular weight is 294 g/mol. The fraction of sp³-hybridized carbons (Fsp3) is 0.133. The molecule has 0 saturated carbocycles. The van der Waals surface area contributed by atoms with E-state index in [1.54, 1.807) is 24.3 Å². The van der Waals surface area contributed by atoms with Crippen LogP contribution in [-0.2, 0) is 6.61 Å². The van der Waals surface area contributed by atoms with Gasteiger partial charge in [-0.3, -0.25) is 4.79 Å². The van der Waals surface area contributed by atoms with Crippen LogP contribution in [0.4, 0.5) is 10.1 Å². The predicted molar refractivity (Wildman–Crippen MR) is 76.6 cm³/mol. The fourth-order valence-electron chi connectivity index (χ4n) is 1.74. The Hall–Kier alpha value is -2.07. The number of hydrogen-bond acceptors (Lipinski definition) is 3. The normalized spacial score (nSPS) is 10.3. The summed E-state index contributed by atoms with van der Waals surface area (Å²) in [5.74, 6) is -0.234. The highest BCUT2D eigenvalue weighted by Crippen LogP contribution is 2.24. The zero-order chi connectivity index (χ0) is 14.7. The number of carbonyl (C=O) groups is 1. The van der Waals surface area contributed by atoms with E-state index in [-0.39, 0.29) is 12.4 Å². The summed E-state index contributed by atoms with van der Waals surface area (Å²) in [7, 11) is 0. The van der Waals surface area contributed by atoms with Crippen molar-refractivity contribution in [2.24, 2.45) is 0 Å². The zero-order valence-electron chi connectivity index (χ0n) is 10.8. The van der Waals surface area contributed by atoms with Crippen molar-refractivity contribution in [2.75, 3.05) is 5.73 Å². The number of benzene rings is 2. The lowest BCUT2D eigenvalue weighted by Crippen LogP contribution is -2.04. The number of nitrogen functional groups attached to an aromatic ring is 1. The first-order valence-corrected chi connectivity index (χ1v) is 6.32. The maximum atomic E-state index is 13.6. The van der Waals surface area contributed by atoms with Gasteiger partial charge in [0.05, 0.1) is 5.56 Å². The number of halogens is 2. The summed E-state index contributed by atoms with van der Waals surface area (Å²) < 4.78 is 19.1. The van der Waals surface area contributed by atoms with Gasteiger partial charge < -0.3 is 10.5 Å². The number of Topliss-reactive ketones (excluding diaryl/α,β-unsaturated/α-hetero) is 1. The molecule has 0 spiro atoms. The Labute approximate surface area is 121 Å². The first kappa shape index (κ1) is 14.3. The molecule has 0 aliphatic rings. The second kappa shape index (κ2) is 5.92. The van der Waals surface area contributed by atoms with E-state index in [9.17, 15) is 9.18 Å². The summed E-state index contributed by atoms with van der Waals surface area (Å²) in [5.41, 5.74) is 6.84. The second-order valence-electron chi connectivity index (χ2n) is 4.34. The van der Waals surface area contributed by atoms with Gasteiger partial charge in [0.2, 0.25) is 0 Å². The second-order valence-corrected chi connectivity index (χ2v) is 4.77. The third kappa shape index (κ3) is 3.27. The molecule has 104 valence electrons. The molecular weight excluding hydrogens is 281 g/mol. The zero-order valence-corrected chi connectivity index (χ0v) is 11.6. The standard InChI is InChI=1S/C15H13ClFNO2/c1-9(19)13-7-12(18)4-5-15(13)20-8-10-2-3-11(16)6-14(10)17/h2-7H,8,18H2,1H3. The number of carbonyl (C=O) groups excluding carboxylic acids is 1. The van der Waals surface area contributed by atoms with Crippen LogP contribution in [0.1, 0.15) is 22.8 Å². The van der Waals surface area contributed by atoms with Gasteiger partial charge >= 0.3 is 0 Å². The van der Waals surface area contributed by atoms with Gasteiger partial charge in [0.25, 0.3) is 0 Å². The third-order valence-electron chi connectivity index (χ3n) is 2.78. The van der Waals surface area contributed by atoms with Crippen molar-refractivity contribution in [3.63, 3.8) is 0 Å². The molecule has 2 aromatic rings. The van der Waals surface area contributed by atoms with Crippen LogP contribution in [0.5, 0.6) is 5.75 Å². The molecular formula is C15H13ClFNO2. The van der Waals surface area contributed by atoms with Gasteiger partial charge in [0, 0.05) is 16.3 Å². The summed E-state index contributed by atoms with van der Waals surface area (Å²) in [4.78, 5) is 11.5. The Bertz CT molecular complexity index is 658. The first-order chi connectivity index (χ1) is 9.47. The van der Waals surface area contributed by atoms with Crippen molar-refractivity contribution in [1.82, 2.24) is 0 Å². The largest absolute Gasteiger partial charge is 0.488 e. The lowest BCUT2D eigenvalue weighted by Gasteiger charge is -2.11. The number of rotatable bonds is 4. The van der Waals surface area contributed by atoms with E-state index >= 15 is 0 Å². The van der Waals surface area contributed by atoms with Crippen LogP contribution in [0.3, 0.4) is 0 Å². The Morgan fingerprint density at radius 2 is 2.05 bits per heavy atom. The average Bonchev–Trinajstić information content (AvgIpc) is 2.38. The maximum absolute atomic E-state index is 13.6. The van der Waals surface area contributed by atoms with Crippen molar-refractivity contribution in [1.29, 1.82) is 0 Å². The molecule has 3 nitrogen and oxygen atoms in total. The van der Waals surface area contributed by atoms with E-state index in [4.69, 9.17) is 22.1 Å². The summed E-state index contributed by atoms with van der Waals surface area (Å²) in [6.45, 7) is 1.43. The van der Waals surface area contributed by atoms with Crippen LogP contribution in [-0.4, -0.2) is 5.78 Å². The van der Waals surface area contributed by atoms with E-state index in [1.807, 2.05) is 0 Å². The highest BCUT2D eigenvalue weighted by molar-refractivity contribution is 6.30. The summed E-state index contributed by atoms with van der Waals surface area (Å²) in [6.07, 6.45) is 0. The Morgan fingerprint density at radius 1 is 1.30 bits per heavy atom. The fourth-order valence-corrected chi connectivity index (χ4v) is 1.90. The molecule has 0 unspecified atom stereocenters. The minimum atomic E-state index is -0.447. The molecule has 5 heteroatoms. The van der Waals surface area contributed by atoms with Crippen molar-refractivity contribution in [3.8, 4) is 5.75 Å². The molecule has 0 fully saturated rings. The molecule has 0 saturated heterocycles. The van der Waals surface area contributed by atoms with Crippen LogP contribution in [0.25, 0.3) is 0 Å². The van der Waals surface area contributed by atoms with Gasteiger partial charge in [0.15, 0.2) is 5.78 Å². The number of ketones is 1. The van der Waals surface area contributed by atoms with Crippen LogP contribution in [0, 0.1) is 5.82 Å². The van der Waals surface area contributed by atoms with Crippen molar-refractivity contribution in [3.05, 3.63) is 58.4 Å². The molecule has 2 N–H and O–H groups in total. The molecule has 0 bridgehead atoms. The smallest absolute Gasteiger partial charge is 0.163 e. The van der Waals surface area contributed by atoms with Crippen LogP contribution >= 0.6 is 11.6 Å². The van der Waals surface area contributed by atoms with Gasteiger partial charge in [-0.1, -0.05) is 17.7 Å². The SMILES string of the molecule is CC(=O)c1cc(N)ccc1OCc1ccc(Cl)cc1F. The molecule has 0 radical (unpaired) electrons.